The van der Waals surface area contributed by atoms with E-state index in [0.717, 1.165) is 23.2 Å². The molecule has 118 valence electrons. The van der Waals surface area contributed by atoms with E-state index in [9.17, 15) is 9.59 Å². The van der Waals surface area contributed by atoms with Crippen LogP contribution in [0.25, 0.3) is 0 Å². The zero-order chi connectivity index (χ0) is 16.4. The van der Waals surface area contributed by atoms with Crippen LogP contribution in [0.2, 0.25) is 0 Å². The Bertz CT molecular complexity index is 747. The molecule has 3 rings (SSSR count). The predicted molar refractivity (Wildman–Crippen MR) is 90.7 cm³/mol. The van der Waals surface area contributed by atoms with E-state index in [1.54, 1.807) is 4.90 Å². The van der Waals surface area contributed by atoms with Crippen LogP contribution in [0.1, 0.15) is 27.0 Å². The first kappa shape index (κ1) is 15.3. The van der Waals surface area contributed by atoms with Gasteiger partial charge in [-0.2, -0.15) is 0 Å². The number of anilines is 1. The Morgan fingerprint density at radius 1 is 1.09 bits per heavy atom. The minimum atomic E-state index is -0.211. The highest BCUT2D eigenvalue weighted by Gasteiger charge is 2.24. The fourth-order valence-corrected chi connectivity index (χ4v) is 3.06. The zero-order valence-electron chi connectivity index (χ0n) is 13.4. The van der Waals surface area contributed by atoms with Gasteiger partial charge in [-0.15, -0.1) is 0 Å². The maximum atomic E-state index is 12.4. The quantitative estimate of drug-likeness (QED) is 0.947. The molecule has 2 aromatic carbocycles. The van der Waals surface area contributed by atoms with Crippen LogP contribution in [0.3, 0.4) is 0 Å². The molecule has 1 heterocycles. The number of nitrogens with zero attached hydrogens (tertiary/aromatic N) is 1. The lowest BCUT2D eigenvalue weighted by Gasteiger charge is -2.17. The van der Waals surface area contributed by atoms with Crippen molar-refractivity contribution in [3.63, 3.8) is 0 Å². The monoisotopic (exact) mass is 308 g/mol. The summed E-state index contributed by atoms with van der Waals surface area (Å²) in [6.07, 6.45) is 0.868. The van der Waals surface area contributed by atoms with Gasteiger partial charge in [0.25, 0.3) is 5.91 Å². The molecule has 0 saturated heterocycles. The summed E-state index contributed by atoms with van der Waals surface area (Å²) < 4.78 is 0. The maximum Gasteiger partial charge on any atom is 0.251 e. The second-order valence-corrected chi connectivity index (χ2v) is 5.98. The first-order valence-corrected chi connectivity index (χ1v) is 7.79. The molecule has 0 radical (unpaired) electrons. The van der Waals surface area contributed by atoms with E-state index < -0.39 is 0 Å². The number of benzene rings is 2. The van der Waals surface area contributed by atoms with E-state index in [1.165, 1.54) is 5.56 Å². The summed E-state index contributed by atoms with van der Waals surface area (Å²) in [4.78, 5) is 26.4. The molecule has 1 aliphatic rings. The number of hydrogen-bond acceptors (Lipinski definition) is 2. The Labute approximate surface area is 136 Å². The third-order valence-corrected chi connectivity index (χ3v) is 4.07. The molecule has 0 aliphatic carbocycles. The van der Waals surface area contributed by atoms with Crippen molar-refractivity contribution in [1.29, 1.82) is 0 Å². The van der Waals surface area contributed by atoms with Gasteiger partial charge in [0.15, 0.2) is 0 Å². The Hall–Kier alpha value is -2.62. The van der Waals surface area contributed by atoms with Crippen LogP contribution in [0.4, 0.5) is 5.69 Å². The third kappa shape index (κ3) is 3.26. The molecule has 23 heavy (non-hydrogen) atoms. The molecule has 4 heteroatoms. The summed E-state index contributed by atoms with van der Waals surface area (Å²) in [5.74, 6) is -0.287. The van der Waals surface area contributed by atoms with Crippen LogP contribution in [-0.2, 0) is 11.2 Å². The lowest BCUT2D eigenvalue weighted by Crippen LogP contribution is -2.39. The molecular weight excluding hydrogens is 288 g/mol. The number of rotatable bonds is 3. The van der Waals surface area contributed by atoms with Crippen molar-refractivity contribution < 1.29 is 9.59 Å². The van der Waals surface area contributed by atoms with Gasteiger partial charge >= 0.3 is 0 Å². The number of fused-ring (bicyclic) bond motifs is 1. The van der Waals surface area contributed by atoms with Crippen LogP contribution < -0.4 is 10.2 Å². The molecule has 2 aromatic rings. The van der Waals surface area contributed by atoms with Gasteiger partial charge in [0.1, 0.15) is 0 Å². The second kappa shape index (κ2) is 6.24. The molecule has 0 fully saturated rings. The molecule has 2 amide bonds. The van der Waals surface area contributed by atoms with Crippen LogP contribution in [-0.4, -0.2) is 24.9 Å². The molecule has 4 nitrogen and oxygen atoms in total. The minimum Gasteiger partial charge on any atom is -0.343 e. The van der Waals surface area contributed by atoms with E-state index in [1.807, 2.05) is 56.3 Å². The summed E-state index contributed by atoms with van der Waals surface area (Å²) in [5.41, 5.74) is 4.81. The van der Waals surface area contributed by atoms with Gasteiger partial charge in [-0.05, 0) is 44.0 Å². The number of hydrogen-bond donors (Lipinski definition) is 1. The van der Waals surface area contributed by atoms with Crippen molar-refractivity contribution in [1.82, 2.24) is 5.32 Å². The van der Waals surface area contributed by atoms with E-state index >= 15 is 0 Å². The average molecular weight is 308 g/mol. The standard InChI is InChI=1S/C19H20N2O2/c1-13-9-14(2)11-16(10-13)19(23)20-12-18(22)21-8-7-15-5-3-4-6-17(15)21/h3-6,9-11H,7-8,12H2,1-2H3,(H,20,23). The molecule has 0 saturated carbocycles. The summed E-state index contributed by atoms with van der Waals surface area (Å²) >= 11 is 0. The molecular formula is C19H20N2O2. The zero-order valence-corrected chi connectivity index (χ0v) is 13.4. The molecule has 1 aliphatic heterocycles. The lowest BCUT2D eigenvalue weighted by atomic mass is 10.1. The van der Waals surface area contributed by atoms with Gasteiger partial charge in [0.05, 0.1) is 6.54 Å². The van der Waals surface area contributed by atoms with Crippen molar-refractivity contribution in [2.75, 3.05) is 18.0 Å². The smallest absolute Gasteiger partial charge is 0.251 e. The van der Waals surface area contributed by atoms with E-state index in [2.05, 4.69) is 5.32 Å². The molecule has 0 spiro atoms. The normalized spacial score (nSPS) is 12.9. The summed E-state index contributed by atoms with van der Waals surface area (Å²) in [7, 11) is 0. The number of para-hydroxylation sites is 1. The third-order valence-electron chi connectivity index (χ3n) is 4.07. The van der Waals surface area contributed by atoms with Crippen molar-refractivity contribution in [2.45, 2.75) is 20.3 Å². The number of nitrogens with one attached hydrogen (secondary N) is 1. The first-order valence-electron chi connectivity index (χ1n) is 7.79. The Balaban J connectivity index is 1.64. The van der Waals surface area contributed by atoms with Crippen LogP contribution in [0.5, 0.6) is 0 Å². The summed E-state index contributed by atoms with van der Waals surface area (Å²) in [5, 5.41) is 2.73. The van der Waals surface area contributed by atoms with E-state index in [4.69, 9.17) is 0 Å². The topological polar surface area (TPSA) is 49.4 Å². The number of aryl methyl sites for hydroxylation is 2. The van der Waals surface area contributed by atoms with Crippen LogP contribution >= 0.6 is 0 Å². The fourth-order valence-electron chi connectivity index (χ4n) is 3.06. The SMILES string of the molecule is Cc1cc(C)cc(C(=O)NCC(=O)N2CCc3ccccc32)c1. The number of carbonyl (C=O) groups is 2. The van der Waals surface area contributed by atoms with Gasteiger partial charge < -0.3 is 10.2 Å². The average Bonchev–Trinajstić information content (AvgIpc) is 2.95. The van der Waals surface area contributed by atoms with Crippen molar-refractivity contribution in [3.8, 4) is 0 Å². The lowest BCUT2D eigenvalue weighted by molar-refractivity contribution is -0.117. The summed E-state index contributed by atoms with van der Waals surface area (Å²) in [6, 6.07) is 13.6. The minimum absolute atomic E-state index is 0.0140. The number of amides is 2. The van der Waals surface area contributed by atoms with Gasteiger partial charge in [-0.1, -0.05) is 35.4 Å². The van der Waals surface area contributed by atoms with Crippen molar-refractivity contribution in [3.05, 3.63) is 64.7 Å². The Morgan fingerprint density at radius 2 is 1.78 bits per heavy atom. The maximum absolute atomic E-state index is 12.4. The van der Waals surface area contributed by atoms with E-state index in [-0.39, 0.29) is 18.4 Å². The molecule has 0 aromatic heterocycles. The molecule has 0 unspecified atom stereocenters. The molecule has 0 atom stereocenters. The first-order chi connectivity index (χ1) is 11.0. The highest BCUT2D eigenvalue weighted by Crippen LogP contribution is 2.27. The van der Waals surface area contributed by atoms with E-state index in [0.29, 0.717) is 12.1 Å². The van der Waals surface area contributed by atoms with Crippen molar-refractivity contribution in [2.24, 2.45) is 0 Å². The predicted octanol–water partition coefficient (Wildman–Crippen LogP) is 2.62. The highest BCUT2D eigenvalue weighted by atomic mass is 16.2. The Morgan fingerprint density at radius 3 is 2.52 bits per heavy atom. The highest BCUT2D eigenvalue weighted by molar-refractivity contribution is 6.01. The van der Waals surface area contributed by atoms with Gasteiger partial charge in [-0.25, -0.2) is 0 Å². The van der Waals surface area contributed by atoms with Gasteiger partial charge in [0, 0.05) is 17.8 Å². The van der Waals surface area contributed by atoms with Crippen molar-refractivity contribution >= 4 is 17.5 Å². The second-order valence-electron chi connectivity index (χ2n) is 5.98. The largest absolute Gasteiger partial charge is 0.343 e. The van der Waals surface area contributed by atoms with Gasteiger partial charge in [0.2, 0.25) is 5.91 Å². The molecule has 0 bridgehead atoms. The van der Waals surface area contributed by atoms with Gasteiger partial charge in [-0.3, -0.25) is 9.59 Å². The van der Waals surface area contributed by atoms with Crippen LogP contribution in [0.15, 0.2) is 42.5 Å². The fraction of sp³-hybridized carbons (Fsp3) is 0.263. The molecule has 1 N–H and O–H groups in total. The van der Waals surface area contributed by atoms with Crippen LogP contribution in [0, 0.1) is 13.8 Å². The number of carbonyl (C=O) groups excluding carboxylic acids is 2. The Kier molecular flexibility index (Phi) is 4.15. The summed E-state index contributed by atoms with van der Waals surface area (Å²) in [6.45, 7) is 4.60.